The van der Waals surface area contributed by atoms with E-state index in [1.54, 1.807) is 7.11 Å². The van der Waals surface area contributed by atoms with Gasteiger partial charge in [-0.15, -0.1) is 0 Å². The second-order valence-corrected chi connectivity index (χ2v) is 5.02. The van der Waals surface area contributed by atoms with Gasteiger partial charge in [0, 0.05) is 46.4 Å². The number of ether oxygens (including phenoxy) is 1. The van der Waals surface area contributed by atoms with Crippen LogP contribution in [0.1, 0.15) is 13.3 Å². The molecule has 1 heterocycles. The summed E-state index contributed by atoms with van der Waals surface area (Å²) < 4.78 is 4.93. The van der Waals surface area contributed by atoms with E-state index in [0.29, 0.717) is 26.2 Å². The summed E-state index contributed by atoms with van der Waals surface area (Å²) in [5, 5.41) is 11.6. The molecule has 1 amide bonds. The molecule has 0 aromatic heterocycles. The summed E-state index contributed by atoms with van der Waals surface area (Å²) in [4.78, 5) is 26.6. The van der Waals surface area contributed by atoms with Crippen LogP contribution in [0.3, 0.4) is 0 Å². The summed E-state index contributed by atoms with van der Waals surface area (Å²) >= 11 is 0. The van der Waals surface area contributed by atoms with Gasteiger partial charge in [0.25, 0.3) is 0 Å². The Morgan fingerprint density at radius 1 is 1.30 bits per heavy atom. The predicted molar refractivity (Wildman–Crippen MR) is 74.6 cm³/mol. The first-order chi connectivity index (χ1) is 9.54. The fourth-order valence-electron chi connectivity index (χ4n) is 2.24. The van der Waals surface area contributed by atoms with E-state index in [-0.39, 0.29) is 18.5 Å². The zero-order chi connectivity index (χ0) is 15.0. The smallest absolute Gasteiger partial charge is 0.317 e. The van der Waals surface area contributed by atoms with Crippen LogP contribution in [0, 0.1) is 0 Å². The van der Waals surface area contributed by atoms with Crippen LogP contribution in [0.25, 0.3) is 0 Å². The lowest BCUT2D eigenvalue weighted by atomic mass is 10.2. The largest absolute Gasteiger partial charge is 0.480 e. The number of methoxy groups -OCH3 is 1. The average molecular weight is 287 g/mol. The van der Waals surface area contributed by atoms with Crippen LogP contribution in [0.2, 0.25) is 0 Å². The minimum atomic E-state index is -0.803. The Kier molecular flexibility index (Phi) is 7.50. The zero-order valence-corrected chi connectivity index (χ0v) is 12.3. The molecule has 1 unspecified atom stereocenters. The van der Waals surface area contributed by atoms with E-state index in [0.717, 1.165) is 19.5 Å². The number of carbonyl (C=O) groups is 2. The van der Waals surface area contributed by atoms with E-state index in [1.165, 1.54) is 0 Å². The van der Waals surface area contributed by atoms with Crippen molar-refractivity contribution >= 4 is 11.9 Å². The first-order valence-electron chi connectivity index (χ1n) is 6.99. The predicted octanol–water partition coefficient (Wildman–Crippen LogP) is -0.770. The third kappa shape index (κ3) is 5.85. The number of carbonyl (C=O) groups excluding carboxylic acids is 1. The van der Waals surface area contributed by atoms with E-state index in [1.807, 2.05) is 11.8 Å². The topological polar surface area (TPSA) is 82.1 Å². The van der Waals surface area contributed by atoms with Gasteiger partial charge in [-0.3, -0.25) is 19.4 Å². The third-order valence-corrected chi connectivity index (χ3v) is 3.52. The molecule has 7 heteroatoms. The molecule has 0 radical (unpaired) electrons. The fourth-order valence-corrected chi connectivity index (χ4v) is 2.24. The van der Waals surface area contributed by atoms with Gasteiger partial charge >= 0.3 is 5.97 Å². The zero-order valence-electron chi connectivity index (χ0n) is 12.3. The van der Waals surface area contributed by atoms with E-state index >= 15 is 0 Å². The number of amides is 1. The molecule has 116 valence electrons. The number of carboxylic acid groups (broad SMARTS) is 1. The quantitative estimate of drug-likeness (QED) is 0.571. The Bertz CT molecular complexity index is 317. The lowest BCUT2D eigenvalue weighted by Crippen LogP contribution is -2.54. The van der Waals surface area contributed by atoms with Crippen molar-refractivity contribution in [2.45, 2.75) is 19.4 Å². The normalized spacial score (nSPS) is 18.7. The van der Waals surface area contributed by atoms with Crippen LogP contribution in [0.15, 0.2) is 0 Å². The van der Waals surface area contributed by atoms with Gasteiger partial charge < -0.3 is 15.2 Å². The Hall–Kier alpha value is -1.18. The average Bonchev–Trinajstić information content (AvgIpc) is 2.43. The fraction of sp³-hybridized carbons (Fsp3) is 0.846. The Morgan fingerprint density at radius 3 is 2.50 bits per heavy atom. The van der Waals surface area contributed by atoms with Crippen LogP contribution >= 0.6 is 0 Å². The number of rotatable bonds is 8. The van der Waals surface area contributed by atoms with Crippen LogP contribution in [-0.4, -0.2) is 85.8 Å². The highest BCUT2D eigenvalue weighted by Gasteiger charge is 2.25. The third-order valence-electron chi connectivity index (χ3n) is 3.52. The highest BCUT2D eigenvalue weighted by Crippen LogP contribution is 2.06. The summed E-state index contributed by atoms with van der Waals surface area (Å²) in [5.74, 6) is -0.782. The molecule has 0 saturated carbocycles. The molecule has 0 aliphatic carbocycles. The molecule has 2 N–H and O–H groups in total. The maximum Gasteiger partial charge on any atom is 0.317 e. The molecular formula is C13H25N3O4. The molecule has 1 rings (SSSR count). The number of nitrogens with zero attached hydrogens (tertiary/aromatic N) is 2. The second kappa shape index (κ2) is 8.89. The van der Waals surface area contributed by atoms with E-state index in [2.05, 4.69) is 10.2 Å². The van der Waals surface area contributed by atoms with Gasteiger partial charge in [0.2, 0.25) is 5.91 Å². The van der Waals surface area contributed by atoms with E-state index in [9.17, 15) is 9.59 Å². The second-order valence-electron chi connectivity index (χ2n) is 5.02. The van der Waals surface area contributed by atoms with Crippen LogP contribution in [-0.2, 0) is 14.3 Å². The number of carboxylic acids is 1. The molecule has 20 heavy (non-hydrogen) atoms. The monoisotopic (exact) mass is 287 g/mol. The van der Waals surface area contributed by atoms with Crippen molar-refractivity contribution in [3.05, 3.63) is 0 Å². The highest BCUT2D eigenvalue weighted by atomic mass is 16.5. The summed E-state index contributed by atoms with van der Waals surface area (Å²) in [5.41, 5.74) is 0. The summed E-state index contributed by atoms with van der Waals surface area (Å²) in [6.45, 7) is 6.05. The molecule has 1 fully saturated rings. The van der Waals surface area contributed by atoms with Gasteiger partial charge in [0.1, 0.15) is 0 Å². The number of hydrogen-bond donors (Lipinski definition) is 2. The maximum atomic E-state index is 12.0. The van der Waals surface area contributed by atoms with Crippen LogP contribution in [0.4, 0.5) is 0 Å². The minimum absolute atomic E-state index is 0.0211. The van der Waals surface area contributed by atoms with Crippen molar-refractivity contribution in [1.82, 2.24) is 15.1 Å². The van der Waals surface area contributed by atoms with Crippen molar-refractivity contribution in [1.29, 1.82) is 0 Å². The molecule has 0 spiro atoms. The molecule has 1 aliphatic rings. The number of piperazine rings is 1. The Morgan fingerprint density at radius 2 is 1.95 bits per heavy atom. The van der Waals surface area contributed by atoms with Crippen molar-refractivity contribution in [3.63, 3.8) is 0 Å². The maximum absolute atomic E-state index is 12.0. The molecule has 0 aromatic carbocycles. The van der Waals surface area contributed by atoms with Crippen molar-refractivity contribution in [2.24, 2.45) is 0 Å². The number of hydrogen-bond acceptors (Lipinski definition) is 5. The summed E-state index contributed by atoms with van der Waals surface area (Å²) in [6.07, 6.45) is 0.807. The molecular weight excluding hydrogens is 262 g/mol. The summed E-state index contributed by atoms with van der Waals surface area (Å²) in [7, 11) is 1.64. The summed E-state index contributed by atoms with van der Waals surface area (Å²) in [6, 6.07) is -0.176. The molecule has 0 bridgehead atoms. The van der Waals surface area contributed by atoms with Gasteiger partial charge in [0.15, 0.2) is 0 Å². The Labute approximate surface area is 119 Å². The van der Waals surface area contributed by atoms with Gasteiger partial charge in [-0.05, 0) is 13.3 Å². The first kappa shape index (κ1) is 16.9. The van der Waals surface area contributed by atoms with Crippen molar-refractivity contribution < 1.29 is 19.4 Å². The highest BCUT2D eigenvalue weighted by molar-refractivity contribution is 5.81. The molecule has 1 saturated heterocycles. The van der Waals surface area contributed by atoms with E-state index < -0.39 is 5.97 Å². The van der Waals surface area contributed by atoms with Crippen molar-refractivity contribution in [2.75, 3.05) is 53.0 Å². The number of aliphatic carboxylic acids is 1. The lowest BCUT2D eigenvalue weighted by Gasteiger charge is -2.36. The molecule has 1 aliphatic heterocycles. The van der Waals surface area contributed by atoms with Gasteiger partial charge in [0.05, 0.1) is 12.6 Å². The van der Waals surface area contributed by atoms with Gasteiger partial charge in [-0.25, -0.2) is 0 Å². The van der Waals surface area contributed by atoms with E-state index in [4.69, 9.17) is 9.84 Å². The number of nitrogens with one attached hydrogen (secondary N) is 1. The first-order valence-corrected chi connectivity index (χ1v) is 6.99. The molecule has 1 atom stereocenters. The molecule has 0 aromatic rings. The van der Waals surface area contributed by atoms with Crippen LogP contribution in [0.5, 0.6) is 0 Å². The SMILES string of the molecule is COCCCNC(=O)C(C)N1CCN(CC(=O)O)CC1. The minimum Gasteiger partial charge on any atom is -0.480 e. The van der Waals surface area contributed by atoms with Crippen LogP contribution < -0.4 is 5.32 Å². The Balaban J connectivity index is 2.25. The van der Waals surface area contributed by atoms with Gasteiger partial charge in [-0.2, -0.15) is 0 Å². The standard InChI is InChI=1S/C13H25N3O4/c1-11(13(19)14-4-3-9-20-2)16-7-5-15(6-8-16)10-12(17)18/h11H,3-10H2,1-2H3,(H,14,19)(H,17,18). The van der Waals surface area contributed by atoms with Crippen molar-refractivity contribution in [3.8, 4) is 0 Å². The lowest BCUT2D eigenvalue weighted by molar-refractivity contribution is -0.139. The van der Waals surface area contributed by atoms with Gasteiger partial charge in [-0.1, -0.05) is 0 Å². The molecule has 7 nitrogen and oxygen atoms in total.